The maximum Gasteiger partial charge on any atom is 0.251 e. The molecule has 0 saturated heterocycles. The maximum atomic E-state index is 11.9. The Morgan fingerprint density at radius 2 is 2.18 bits per heavy atom. The van der Waals surface area contributed by atoms with Crippen molar-refractivity contribution in [3.8, 4) is 0 Å². The van der Waals surface area contributed by atoms with Crippen LogP contribution in [0.2, 0.25) is 5.02 Å². The fourth-order valence-corrected chi connectivity index (χ4v) is 2.05. The molecule has 0 aliphatic carbocycles. The molecule has 0 heterocycles. The Labute approximate surface area is 112 Å². The van der Waals surface area contributed by atoms with Gasteiger partial charge in [-0.15, -0.1) is 11.6 Å². The molecule has 1 atom stereocenters. The smallest absolute Gasteiger partial charge is 0.251 e. The van der Waals surface area contributed by atoms with Crippen LogP contribution < -0.4 is 5.32 Å². The second kappa shape index (κ2) is 6.87. The number of halogens is 2. The number of carbonyl (C=O) groups excluding carboxylic acids is 1. The summed E-state index contributed by atoms with van der Waals surface area (Å²) in [6.07, 6.45) is 0.899. The predicted octanol–water partition coefficient (Wildman–Crippen LogP) is 3.64. The SMILES string of the molecule is Cc1c(Cl)cccc1C(=O)NCC(C)CCCl. The zero-order valence-corrected chi connectivity index (χ0v) is 11.6. The summed E-state index contributed by atoms with van der Waals surface area (Å²) >= 11 is 11.6. The summed E-state index contributed by atoms with van der Waals surface area (Å²) in [5, 5.41) is 3.51. The Bertz CT molecular complexity index is 393. The molecular formula is C13H17Cl2NO. The lowest BCUT2D eigenvalue weighted by atomic mass is 10.1. The first kappa shape index (κ1) is 14.3. The molecule has 0 aromatic heterocycles. The van der Waals surface area contributed by atoms with Gasteiger partial charge < -0.3 is 5.32 Å². The number of hydrogen-bond acceptors (Lipinski definition) is 1. The highest BCUT2D eigenvalue weighted by Gasteiger charge is 2.11. The van der Waals surface area contributed by atoms with Crippen LogP contribution in [0.1, 0.15) is 29.3 Å². The van der Waals surface area contributed by atoms with E-state index in [9.17, 15) is 4.79 Å². The fraction of sp³-hybridized carbons (Fsp3) is 0.462. The van der Waals surface area contributed by atoms with Crippen molar-refractivity contribution in [3.63, 3.8) is 0 Å². The molecule has 0 aliphatic rings. The lowest BCUT2D eigenvalue weighted by molar-refractivity contribution is 0.0947. The molecule has 0 fully saturated rings. The zero-order valence-electron chi connectivity index (χ0n) is 10.1. The van der Waals surface area contributed by atoms with Crippen LogP contribution in [-0.4, -0.2) is 18.3 Å². The molecule has 1 N–H and O–H groups in total. The highest BCUT2D eigenvalue weighted by atomic mass is 35.5. The molecule has 0 spiro atoms. The van der Waals surface area contributed by atoms with Crippen molar-refractivity contribution in [1.82, 2.24) is 5.32 Å². The van der Waals surface area contributed by atoms with E-state index in [0.29, 0.717) is 28.9 Å². The first-order valence-corrected chi connectivity index (χ1v) is 6.56. The molecular weight excluding hydrogens is 257 g/mol. The zero-order chi connectivity index (χ0) is 12.8. The standard InChI is InChI=1S/C13H17Cl2NO/c1-9(6-7-14)8-16-13(17)11-4-3-5-12(15)10(11)2/h3-5,9H,6-8H2,1-2H3,(H,16,17). The second-order valence-corrected chi connectivity index (χ2v) is 4.99. The summed E-state index contributed by atoms with van der Waals surface area (Å²) in [4.78, 5) is 11.9. The quantitative estimate of drug-likeness (QED) is 0.816. The maximum absolute atomic E-state index is 11.9. The Balaban J connectivity index is 2.61. The summed E-state index contributed by atoms with van der Waals surface area (Å²) < 4.78 is 0. The molecule has 0 radical (unpaired) electrons. The van der Waals surface area contributed by atoms with Crippen molar-refractivity contribution >= 4 is 29.1 Å². The molecule has 1 aromatic carbocycles. The molecule has 1 amide bonds. The van der Waals surface area contributed by atoms with Gasteiger partial charge in [0.2, 0.25) is 0 Å². The van der Waals surface area contributed by atoms with Gasteiger partial charge in [0.25, 0.3) is 5.91 Å². The third-order valence-electron chi connectivity index (χ3n) is 2.73. The summed E-state index contributed by atoms with van der Waals surface area (Å²) in [5.41, 5.74) is 1.45. The van der Waals surface area contributed by atoms with Gasteiger partial charge in [-0.2, -0.15) is 0 Å². The van der Waals surface area contributed by atoms with Gasteiger partial charge in [0.1, 0.15) is 0 Å². The lowest BCUT2D eigenvalue weighted by Gasteiger charge is -2.12. The van der Waals surface area contributed by atoms with Crippen molar-refractivity contribution in [2.75, 3.05) is 12.4 Å². The van der Waals surface area contributed by atoms with E-state index in [1.807, 2.05) is 6.92 Å². The number of amides is 1. The number of nitrogens with one attached hydrogen (secondary N) is 1. The van der Waals surface area contributed by atoms with Gasteiger partial charge >= 0.3 is 0 Å². The van der Waals surface area contributed by atoms with E-state index in [1.165, 1.54) is 0 Å². The van der Waals surface area contributed by atoms with Gasteiger partial charge in [-0.05, 0) is 37.0 Å². The summed E-state index contributed by atoms with van der Waals surface area (Å²) in [7, 11) is 0. The van der Waals surface area contributed by atoms with E-state index in [1.54, 1.807) is 18.2 Å². The first-order valence-electron chi connectivity index (χ1n) is 5.65. The number of rotatable bonds is 5. The van der Waals surface area contributed by atoms with Crippen LogP contribution in [0.15, 0.2) is 18.2 Å². The van der Waals surface area contributed by atoms with E-state index in [4.69, 9.17) is 23.2 Å². The minimum absolute atomic E-state index is 0.0774. The van der Waals surface area contributed by atoms with Crippen LogP contribution in [-0.2, 0) is 0 Å². The molecule has 0 bridgehead atoms. The monoisotopic (exact) mass is 273 g/mol. The first-order chi connectivity index (χ1) is 8.06. The van der Waals surface area contributed by atoms with Crippen LogP contribution in [0, 0.1) is 12.8 Å². The average Bonchev–Trinajstić information content (AvgIpc) is 2.30. The van der Waals surface area contributed by atoms with E-state index in [0.717, 1.165) is 12.0 Å². The third-order valence-corrected chi connectivity index (χ3v) is 3.35. The minimum Gasteiger partial charge on any atom is -0.352 e. The van der Waals surface area contributed by atoms with Crippen LogP contribution in [0.5, 0.6) is 0 Å². The van der Waals surface area contributed by atoms with E-state index >= 15 is 0 Å². The van der Waals surface area contributed by atoms with Crippen molar-refractivity contribution in [1.29, 1.82) is 0 Å². The Kier molecular flexibility index (Phi) is 5.79. The molecule has 17 heavy (non-hydrogen) atoms. The van der Waals surface area contributed by atoms with Gasteiger partial charge in [-0.25, -0.2) is 0 Å². The molecule has 0 saturated carbocycles. The molecule has 4 heteroatoms. The Morgan fingerprint density at radius 3 is 2.82 bits per heavy atom. The number of benzene rings is 1. The molecule has 0 aliphatic heterocycles. The number of carbonyl (C=O) groups is 1. The molecule has 2 nitrogen and oxygen atoms in total. The van der Waals surface area contributed by atoms with Gasteiger partial charge in [-0.1, -0.05) is 24.6 Å². The highest BCUT2D eigenvalue weighted by molar-refractivity contribution is 6.31. The van der Waals surface area contributed by atoms with Crippen LogP contribution in [0.25, 0.3) is 0 Å². The van der Waals surface area contributed by atoms with Crippen LogP contribution in [0.3, 0.4) is 0 Å². The van der Waals surface area contributed by atoms with Crippen LogP contribution in [0.4, 0.5) is 0 Å². The Morgan fingerprint density at radius 1 is 1.47 bits per heavy atom. The van der Waals surface area contributed by atoms with Crippen molar-refractivity contribution < 1.29 is 4.79 Å². The van der Waals surface area contributed by atoms with E-state index < -0.39 is 0 Å². The van der Waals surface area contributed by atoms with Gasteiger partial charge in [0.15, 0.2) is 0 Å². The third kappa shape index (κ3) is 4.21. The molecule has 94 valence electrons. The van der Waals surface area contributed by atoms with Crippen molar-refractivity contribution in [2.24, 2.45) is 5.92 Å². The number of alkyl halides is 1. The molecule has 1 aromatic rings. The molecule has 1 rings (SSSR count). The predicted molar refractivity (Wildman–Crippen MR) is 73.0 cm³/mol. The number of hydrogen-bond donors (Lipinski definition) is 1. The Hall–Kier alpha value is -0.730. The van der Waals surface area contributed by atoms with Gasteiger partial charge in [0.05, 0.1) is 0 Å². The molecule has 1 unspecified atom stereocenters. The van der Waals surface area contributed by atoms with Crippen molar-refractivity contribution in [3.05, 3.63) is 34.3 Å². The van der Waals surface area contributed by atoms with Gasteiger partial charge in [0, 0.05) is 23.0 Å². The van der Waals surface area contributed by atoms with Crippen LogP contribution >= 0.6 is 23.2 Å². The average molecular weight is 274 g/mol. The topological polar surface area (TPSA) is 29.1 Å². The highest BCUT2D eigenvalue weighted by Crippen LogP contribution is 2.18. The van der Waals surface area contributed by atoms with Crippen molar-refractivity contribution in [2.45, 2.75) is 20.3 Å². The largest absolute Gasteiger partial charge is 0.352 e. The lowest BCUT2D eigenvalue weighted by Crippen LogP contribution is -2.29. The van der Waals surface area contributed by atoms with Gasteiger partial charge in [-0.3, -0.25) is 4.79 Å². The minimum atomic E-state index is -0.0774. The summed E-state index contributed by atoms with van der Waals surface area (Å²) in [6, 6.07) is 5.35. The normalized spacial score (nSPS) is 12.2. The van der Waals surface area contributed by atoms with E-state index in [-0.39, 0.29) is 5.91 Å². The second-order valence-electron chi connectivity index (χ2n) is 4.21. The summed E-state index contributed by atoms with van der Waals surface area (Å²) in [6.45, 7) is 4.55. The van der Waals surface area contributed by atoms with E-state index in [2.05, 4.69) is 12.2 Å². The summed E-state index contributed by atoms with van der Waals surface area (Å²) in [5.74, 6) is 0.926. The fourth-order valence-electron chi connectivity index (χ4n) is 1.50.